The lowest BCUT2D eigenvalue weighted by atomic mass is 10.2. The minimum atomic E-state index is -0.0631. The van der Waals surface area contributed by atoms with Gasteiger partial charge in [-0.25, -0.2) is 0 Å². The van der Waals surface area contributed by atoms with E-state index >= 15 is 0 Å². The van der Waals surface area contributed by atoms with Gasteiger partial charge < -0.3 is 15.7 Å². The van der Waals surface area contributed by atoms with Crippen LogP contribution in [-0.2, 0) is 0 Å². The average Bonchev–Trinajstić information content (AvgIpc) is 2.29. The van der Waals surface area contributed by atoms with E-state index in [-0.39, 0.29) is 11.7 Å². The molecule has 0 radical (unpaired) electrons. The average molecular weight is 222 g/mol. The molecule has 0 atom stereocenters. The molecule has 3 N–H and O–H groups in total. The minimum absolute atomic E-state index is 0.0631. The first kappa shape index (κ1) is 12.5. The van der Waals surface area contributed by atoms with Gasteiger partial charge in [-0.3, -0.25) is 4.79 Å². The lowest BCUT2D eigenvalue weighted by Crippen LogP contribution is -2.32. The number of nitrogens with two attached hydrogens (primary N) is 1. The number of nitrogens with zero attached hydrogens (tertiary/aromatic N) is 1. The summed E-state index contributed by atoms with van der Waals surface area (Å²) >= 11 is 0. The molecule has 4 heteroatoms. The van der Waals surface area contributed by atoms with E-state index < -0.39 is 0 Å². The van der Waals surface area contributed by atoms with Gasteiger partial charge in [0.25, 0.3) is 5.91 Å². The van der Waals surface area contributed by atoms with Crippen molar-refractivity contribution in [2.75, 3.05) is 19.6 Å². The van der Waals surface area contributed by atoms with E-state index in [1.807, 2.05) is 6.92 Å². The van der Waals surface area contributed by atoms with Gasteiger partial charge in [-0.05, 0) is 38.1 Å². The first-order valence-electron chi connectivity index (χ1n) is 5.47. The number of phenols is 1. The second-order valence-corrected chi connectivity index (χ2v) is 3.58. The second kappa shape index (κ2) is 6.12. The molecule has 0 aromatic heterocycles. The molecule has 0 fully saturated rings. The van der Waals surface area contributed by atoms with Crippen LogP contribution in [0.15, 0.2) is 24.3 Å². The number of phenolic OH excluding ortho intramolecular Hbond substituents is 1. The third-order valence-electron chi connectivity index (χ3n) is 2.39. The van der Waals surface area contributed by atoms with Gasteiger partial charge in [0, 0.05) is 18.7 Å². The van der Waals surface area contributed by atoms with E-state index in [1.165, 1.54) is 6.07 Å². The molecule has 0 aliphatic rings. The molecule has 0 heterocycles. The van der Waals surface area contributed by atoms with Gasteiger partial charge in [0.15, 0.2) is 0 Å². The maximum absolute atomic E-state index is 12.0. The summed E-state index contributed by atoms with van der Waals surface area (Å²) in [5.74, 6) is 0.0487. The lowest BCUT2D eigenvalue weighted by molar-refractivity contribution is 0.0763. The van der Waals surface area contributed by atoms with Crippen molar-refractivity contribution >= 4 is 5.91 Å². The fourth-order valence-corrected chi connectivity index (χ4v) is 1.51. The highest BCUT2D eigenvalue weighted by atomic mass is 16.3. The molecule has 0 aliphatic heterocycles. The summed E-state index contributed by atoms with van der Waals surface area (Å²) in [6, 6.07) is 6.40. The molecule has 0 bridgehead atoms. The van der Waals surface area contributed by atoms with Gasteiger partial charge in [-0.15, -0.1) is 0 Å². The van der Waals surface area contributed by atoms with Crippen LogP contribution < -0.4 is 5.73 Å². The Morgan fingerprint density at radius 3 is 2.81 bits per heavy atom. The van der Waals surface area contributed by atoms with Crippen molar-refractivity contribution in [2.24, 2.45) is 5.73 Å². The Bertz CT molecular complexity index is 353. The number of hydrogen-bond donors (Lipinski definition) is 2. The van der Waals surface area contributed by atoms with Crippen molar-refractivity contribution in [2.45, 2.75) is 13.3 Å². The molecule has 0 aliphatic carbocycles. The molecule has 1 rings (SSSR count). The third-order valence-corrected chi connectivity index (χ3v) is 2.39. The predicted molar refractivity (Wildman–Crippen MR) is 63.4 cm³/mol. The van der Waals surface area contributed by atoms with E-state index in [0.29, 0.717) is 25.2 Å². The van der Waals surface area contributed by atoms with Crippen LogP contribution in [0.1, 0.15) is 23.7 Å². The number of amides is 1. The van der Waals surface area contributed by atoms with Crippen LogP contribution >= 0.6 is 0 Å². The lowest BCUT2D eigenvalue weighted by Gasteiger charge is -2.20. The van der Waals surface area contributed by atoms with E-state index in [9.17, 15) is 9.90 Å². The topological polar surface area (TPSA) is 66.6 Å². The Balaban J connectivity index is 2.74. The molecular formula is C12H18N2O2. The summed E-state index contributed by atoms with van der Waals surface area (Å²) in [5.41, 5.74) is 5.93. The highest BCUT2D eigenvalue weighted by Crippen LogP contribution is 2.13. The zero-order valence-electron chi connectivity index (χ0n) is 9.52. The van der Waals surface area contributed by atoms with Crippen molar-refractivity contribution in [1.82, 2.24) is 4.90 Å². The minimum Gasteiger partial charge on any atom is -0.508 e. The van der Waals surface area contributed by atoms with Crippen LogP contribution in [0.3, 0.4) is 0 Å². The Hall–Kier alpha value is -1.55. The van der Waals surface area contributed by atoms with Crippen LogP contribution in [-0.4, -0.2) is 35.5 Å². The van der Waals surface area contributed by atoms with Crippen molar-refractivity contribution in [3.05, 3.63) is 29.8 Å². The summed E-state index contributed by atoms with van der Waals surface area (Å²) in [5, 5.41) is 9.30. The third kappa shape index (κ3) is 3.24. The van der Waals surface area contributed by atoms with Gasteiger partial charge in [-0.1, -0.05) is 6.07 Å². The number of aromatic hydroxyl groups is 1. The summed E-state index contributed by atoms with van der Waals surface area (Å²) in [7, 11) is 0. The quantitative estimate of drug-likeness (QED) is 0.786. The molecule has 0 saturated heterocycles. The van der Waals surface area contributed by atoms with E-state index in [4.69, 9.17) is 5.73 Å². The van der Waals surface area contributed by atoms with E-state index in [2.05, 4.69) is 0 Å². The van der Waals surface area contributed by atoms with Gasteiger partial charge in [-0.2, -0.15) is 0 Å². The maximum atomic E-state index is 12.0. The molecular weight excluding hydrogens is 204 g/mol. The molecule has 0 spiro atoms. The monoisotopic (exact) mass is 222 g/mol. The second-order valence-electron chi connectivity index (χ2n) is 3.58. The normalized spacial score (nSPS) is 10.1. The van der Waals surface area contributed by atoms with Gasteiger partial charge in [0.2, 0.25) is 0 Å². The largest absolute Gasteiger partial charge is 0.508 e. The van der Waals surface area contributed by atoms with Crippen LogP contribution in [0.4, 0.5) is 0 Å². The Labute approximate surface area is 95.7 Å². The van der Waals surface area contributed by atoms with Crippen LogP contribution in [0.5, 0.6) is 5.75 Å². The van der Waals surface area contributed by atoms with Crippen molar-refractivity contribution in [1.29, 1.82) is 0 Å². The molecule has 0 saturated carbocycles. The molecule has 4 nitrogen and oxygen atoms in total. The molecule has 16 heavy (non-hydrogen) atoms. The molecule has 88 valence electrons. The summed E-state index contributed by atoms with van der Waals surface area (Å²) < 4.78 is 0. The first-order valence-corrected chi connectivity index (χ1v) is 5.47. The van der Waals surface area contributed by atoms with E-state index in [0.717, 1.165) is 6.42 Å². The number of carbonyl (C=O) groups is 1. The van der Waals surface area contributed by atoms with Gasteiger partial charge >= 0.3 is 0 Å². The molecule has 1 aromatic rings. The van der Waals surface area contributed by atoms with E-state index in [1.54, 1.807) is 23.1 Å². The fourth-order valence-electron chi connectivity index (χ4n) is 1.51. The smallest absolute Gasteiger partial charge is 0.253 e. The number of rotatable bonds is 5. The Morgan fingerprint density at radius 2 is 2.25 bits per heavy atom. The number of hydrogen-bond acceptors (Lipinski definition) is 3. The first-order chi connectivity index (χ1) is 7.69. The van der Waals surface area contributed by atoms with Crippen LogP contribution in [0.25, 0.3) is 0 Å². The molecule has 0 unspecified atom stereocenters. The maximum Gasteiger partial charge on any atom is 0.253 e. The highest BCUT2D eigenvalue weighted by Gasteiger charge is 2.13. The van der Waals surface area contributed by atoms with Gasteiger partial charge in [0.05, 0.1) is 0 Å². The summed E-state index contributed by atoms with van der Waals surface area (Å²) in [4.78, 5) is 13.7. The van der Waals surface area contributed by atoms with Crippen LogP contribution in [0, 0.1) is 0 Å². The van der Waals surface area contributed by atoms with Crippen LogP contribution in [0.2, 0.25) is 0 Å². The zero-order valence-corrected chi connectivity index (χ0v) is 9.52. The number of benzene rings is 1. The highest BCUT2D eigenvalue weighted by molar-refractivity contribution is 5.94. The standard InChI is InChI=1S/C12H18N2O2/c1-2-14(8-4-7-13)12(16)10-5-3-6-11(15)9-10/h3,5-6,9,15H,2,4,7-8,13H2,1H3. The van der Waals surface area contributed by atoms with Crippen molar-refractivity contribution in [3.63, 3.8) is 0 Å². The summed E-state index contributed by atoms with van der Waals surface area (Å²) in [6.45, 7) is 3.80. The fraction of sp³-hybridized carbons (Fsp3) is 0.417. The Kier molecular flexibility index (Phi) is 4.79. The predicted octanol–water partition coefficient (Wildman–Crippen LogP) is 1.20. The number of carbonyl (C=O) groups excluding carboxylic acids is 1. The van der Waals surface area contributed by atoms with Gasteiger partial charge in [0.1, 0.15) is 5.75 Å². The van der Waals surface area contributed by atoms with Crippen molar-refractivity contribution in [3.8, 4) is 5.75 Å². The van der Waals surface area contributed by atoms with Crippen molar-refractivity contribution < 1.29 is 9.90 Å². The SMILES string of the molecule is CCN(CCCN)C(=O)c1cccc(O)c1. The zero-order chi connectivity index (χ0) is 12.0. The Morgan fingerprint density at radius 1 is 1.50 bits per heavy atom. The summed E-state index contributed by atoms with van der Waals surface area (Å²) in [6.07, 6.45) is 0.790. The molecule has 1 amide bonds. The molecule has 1 aromatic carbocycles.